The summed E-state index contributed by atoms with van der Waals surface area (Å²) in [6.07, 6.45) is 0. The molecule has 2 heterocycles. The fourth-order valence-corrected chi connectivity index (χ4v) is 2.68. The number of nitrogens with one attached hydrogen (secondary N) is 1. The van der Waals surface area contributed by atoms with E-state index < -0.39 is 5.97 Å². The van der Waals surface area contributed by atoms with E-state index in [1.165, 1.54) is 6.07 Å². The molecule has 4 N–H and O–H groups in total. The number of benzene rings is 2. The smallest absolute Gasteiger partial charge is 0.336 e. The van der Waals surface area contributed by atoms with Gasteiger partial charge in [0.1, 0.15) is 11.4 Å². The number of hydrazone groups is 1. The highest BCUT2D eigenvalue weighted by Crippen LogP contribution is 2.24. The second-order valence-electron chi connectivity index (χ2n) is 5.65. The topological polar surface area (TPSA) is 152 Å². The number of carboxylic acids is 1. The summed E-state index contributed by atoms with van der Waals surface area (Å²) in [5, 5.41) is 23.8. The van der Waals surface area contributed by atoms with Gasteiger partial charge in [0, 0.05) is 11.3 Å². The van der Waals surface area contributed by atoms with Gasteiger partial charge in [-0.3, -0.25) is 0 Å². The zero-order valence-corrected chi connectivity index (χ0v) is 14.3. The van der Waals surface area contributed by atoms with Crippen LogP contribution in [0, 0.1) is 0 Å². The van der Waals surface area contributed by atoms with Crippen molar-refractivity contribution in [3.63, 3.8) is 0 Å². The molecule has 0 aliphatic heterocycles. The van der Waals surface area contributed by atoms with Crippen LogP contribution in [0.3, 0.4) is 0 Å². The minimum atomic E-state index is -1.12. The second kappa shape index (κ2) is 7.11. The van der Waals surface area contributed by atoms with Crippen LogP contribution in [0.5, 0.6) is 0 Å². The fourth-order valence-electron chi connectivity index (χ4n) is 2.68. The van der Waals surface area contributed by atoms with Gasteiger partial charge in [-0.15, -0.1) is 0 Å². The van der Waals surface area contributed by atoms with E-state index in [0.717, 1.165) is 5.69 Å². The summed E-state index contributed by atoms with van der Waals surface area (Å²) in [7, 11) is 0. The van der Waals surface area contributed by atoms with Gasteiger partial charge in [-0.25, -0.2) is 19.4 Å². The van der Waals surface area contributed by atoms with Crippen molar-refractivity contribution in [3.8, 4) is 0 Å². The largest absolute Gasteiger partial charge is 0.478 e. The van der Waals surface area contributed by atoms with E-state index in [1.54, 1.807) is 18.2 Å². The number of aromatic nitrogens is 4. The summed E-state index contributed by atoms with van der Waals surface area (Å²) in [6.45, 7) is 0. The molecule has 0 bridgehead atoms. The van der Waals surface area contributed by atoms with Crippen LogP contribution >= 0.6 is 0 Å². The molecule has 0 atom stereocenters. The average Bonchev–Trinajstić information content (AvgIpc) is 3.17. The van der Waals surface area contributed by atoms with E-state index in [9.17, 15) is 9.90 Å². The van der Waals surface area contributed by atoms with E-state index >= 15 is 0 Å². The number of rotatable bonds is 5. The first-order chi connectivity index (χ1) is 13.7. The highest BCUT2D eigenvalue weighted by atomic mass is 16.6. The van der Waals surface area contributed by atoms with Crippen molar-refractivity contribution in [2.75, 3.05) is 5.32 Å². The SMILES string of the molecule is NN=C(c1ccccc1C(=O)O)c1nc2nonc2nc1Nc1ccccc1. The van der Waals surface area contributed by atoms with Gasteiger partial charge in [0.25, 0.3) is 0 Å². The average molecular weight is 375 g/mol. The lowest BCUT2D eigenvalue weighted by Crippen LogP contribution is -2.16. The lowest BCUT2D eigenvalue weighted by molar-refractivity contribution is 0.0696. The number of hydrogen-bond donors (Lipinski definition) is 3. The van der Waals surface area contributed by atoms with Crippen LogP contribution < -0.4 is 11.2 Å². The highest BCUT2D eigenvalue weighted by Gasteiger charge is 2.23. The van der Waals surface area contributed by atoms with E-state index in [2.05, 4.69) is 35.3 Å². The highest BCUT2D eigenvalue weighted by molar-refractivity contribution is 6.18. The molecule has 0 saturated heterocycles. The number of carbonyl (C=O) groups is 1. The molecule has 138 valence electrons. The Bertz CT molecular complexity index is 1190. The summed E-state index contributed by atoms with van der Waals surface area (Å²) in [5.41, 5.74) is 1.72. The van der Waals surface area contributed by atoms with Crippen molar-refractivity contribution in [1.29, 1.82) is 0 Å². The first-order valence-electron chi connectivity index (χ1n) is 8.10. The maximum absolute atomic E-state index is 11.6. The van der Waals surface area contributed by atoms with Gasteiger partial charge >= 0.3 is 5.97 Å². The molecule has 2 aromatic carbocycles. The van der Waals surface area contributed by atoms with Crippen LogP contribution in [0.2, 0.25) is 0 Å². The van der Waals surface area contributed by atoms with Gasteiger partial charge in [0.15, 0.2) is 5.82 Å². The number of para-hydroxylation sites is 1. The van der Waals surface area contributed by atoms with Gasteiger partial charge in [-0.05, 0) is 28.5 Å². The van der Waals surface area contributed by atoms with Crippen LogP contribution in [0.15, 0.2) is 64.3 Å². The molecular formula is C18H13N7O3. The van der Waals surface area contributed by atoms with Crippen LogP contribution in [-0.4, -0.2) is 37.1 Å². The molecule has 0 amide bonds. The minimum Gasteiger partial charge on any atom is -0.478 e. The van der Waals surface area contributed by atoms with Gasteiger partial charge in [-0.2, -0.15) is 5.10 Å². The lowest BCUT2D eigenvalue weighted by Gasteiger charge is -2.13. The zero-order valence-electron chi connectivity index (χ0n) is 14.3. The predicted molar refractivity (Wildman–Crippen MR) is 100 cm³/mol. The standard InChI is InChI=1S/C18H13N7O3/c19-23-13(11-8-4-5-9-12(11)18(26)27)14-15(20-10-6-2-1-3-7-10)22-17-16(21-14)24-28-25-17/h1-9H,19H2,(H,26,27)(H,20,22,25). The lowest BCUT2D eigenvalue weighted by atomic mass is 10.0. The number of fused-ring (bicyclic) bond motifs is 1. The Morgan fingerprint density at radius 1 is 0.964 bits per heavy atom. The molecule has 4 rings (SSSR count). The van der Waals surface area contributed by atoms with Crippen LogP contribution in [0.25, 0.3) is 11.3 Å². The quantitative estimate of drug-likeness (QED) is 0.270. The van der Waals surface area contributed by atoms with E-state index in [1.807, 2.05) is 30.3 Å². The second-order valence-corrected chi connectivity index (χ2v) is 5.65. The molecule has 10 nitrogen and oxygen atoms in total. The maximum atomic E-state index is 11.6. The van der Waals surface area contributed by atoms with E-state index in [4.69, 9.17) is 5.84 Å². The number of carboxylic acid groups (broad SMARTS) is 1. The third kappa shape index (κ3) is 3.09. The Morgan fingerprint density at radius 2 is 1.61 bits per heavy atom. The summed E-state index contributed by atoms with van der Waals surface area (Å²) in [5.74, 6) is 4.79. The molecule has 2 aromatic heterocycles. The summed E-state index contributed by atoms with van der Waals surface area (Å²) >= 11 is 0. The summed E-state index contributed by atoms with van der Waals surface area (Å²) in [6, 6.07) is 15.6. The number of anilines is 2. The number of aromatic carboxylic acids is 1. The summed E-state index contributed by atoms with van der Waals surface area (Å²) < 4.78 is 4.69. The molecule has 28 heavy (non-hydrogen) atoms. The Labute approximate surface area is 157 Å². The van der Waals surface area contributed by atoms with Crippen LogP contribution in [0.4, 0.5) is 11.5 Å². The molecule has 0 aliphatic rings. The molecule has 10 heteroatoms. The molecule has 4 aromatic rings. The van der Waals surface area contributed by atoms with Crippen molar-refractivity contribution >= 4 is 34.5 Å². The van der Waals surface area contributed by atoms with Crippen molar-refractivity contribution in [1.82, 2.24) is 20.3 Å². The summed E-state index contributed by atoms with van der Waals surface area (Å²) in [4.78, 5) is 20.4. The maximum Gasteiger partial charge on any atom is 0.336 e. The van der Waals surface area contributed by atoms with Crippen molar-refractivity contribution in [2.45, 2.75) is 0 Å². The third-order valence-electron chi connectivity index (χ3n) is 3.92. The Balaban J connectivity index is 1.91. The molecule has 0 fully saturated rings. The molecule has 0 radical (unpaired) electrons. The predicted octanol–water partition coefficient (Wildman–Crippen LogP) is 2.17. The van der Waals surface area contributed by atoms with Gasteiger partial charge in [0.05, 0.1) is 5.56 Å². The monoisotopic (exact) mass is 375 g/mol. The Hall–Kier alpha value is -4.34. The molecule has 0 aliphatic carbocycles. The number of nitrogens with zero attached hydrogens (tertiary/aromatic N) is 5. The Morgan fingerprint density at radius 3 is 2.29 bits per heavy atom. The fraction of sp³-hybridized carbons (Fsp3) is 0. The van der Waals surface area contributed by atoms with Crippen LogP contribution in [-0.2, 0) is 0 Å². The van der Waals surface area contributed by atoms with Gasteiger partial charge in [0.2, 0.25) is 11.3 Å². The van der Waals surface area contributed by atoms with Crippen molar-refractivity contribution in [2.24, 2.45) is 10.9 Å². The first kappa shape index (κ1) is 17.1. The van der Waals surface area contributed by atoms with E-state index in [0.29, 0.717) is 5.56 Å². The van der Waals surface area contributed by atoms with Crippen LogP contribution in [0.1, 0.15) is 21.6 Å². The zero-order chi connectivity index (χ0) is 19.5. The molecule has 0 spiro atoms. The molecule has 0 unspecified atom stereocenters. The number of nitrogens with two attached hydrogens (primary N) is 1. The first-order valence-corrected chi connectivity index (χ1v) is 8.10. The number of hydrogen-bond acceptors (Lipinski definition) is 9. The Kier molecular flexibility index (Phi) is 4.34. The van der Waals surface area contributed by atoms with Gasteiger partial charge < -0.3 is 16.3 Å². The molecule has 0 saturated carbocycles. The van der Waals surface area contributed by atoms with E-state index in [-0.39, 0.29) is 34.1 Å². The normalized spacial score (nSPS) is 11.5. The van der Waals surface area contributed by atoms with Gasteiger partial charge in [-0.1, -0.05) is 36.4 Å². The van der Waals surface area contributed by atoms with Crippen molar-refractivity contribution in [3.05, 3.63) is 71.4 Å². The van der Waals surface area contributed by atoms with Crippen molar-refractivity contribution < 1.29 is 14.5 Å². The minimum absolute atomic E-state index is 0.0255. The molecular weight excluding hydrogens is 362 g/mol. The third-order valence-corrected chi connectivity index (χ3v) is 3.92.